The summed E-state index contributed by atoms with van der Waals surface area (Å²) in [6.45, 7) is 0.717. The van der Waals surface area contributed by atoms with Gasteiger partial charge in [0.25, 0.3) is 0 Å². The van der Waals surface area contributed by atoms with Gasteiger partial charge < -0.3 is 10.8 Å². The Morgan fingerprint density at radius 3 is 2.26 bits per heavy atom. The molecule has 0 aromatic heterocycles. The fourth-order valence-corrected chi connectivity index (χ4v) is 1.57. The van der Waals surface area contributed by atoms with Gasteiger partial charge in [0.15, 0.2) is 0 Å². The SMILES string of the molecule is NC(=O)N1CCc2ccccc21.O=C(O)C(F)(F)F. The van der Waals surface area contributed by atoms with Crippen molar-refractivity contribution in [1.82, 2.24) is 0 Å². The molecule has 0 bridgehead atoms. The lowest BCUT2D eigenvalue weighted by molar-refractivity contribution is -0.192. The number of halogens is 3. The molecule has 1 aliphatic rings. The Bertz CT molecular complexity index is 488. The van der Waals surface area contributed by atoms with Crippen LogP contribution in [0.15, 0.2) is 24.3 Å². The normalized spacial score (nSPS) is 13.3. The third kappa shape index (κ3) is 3.87. The van der Waals surface area contributed by atoms with Gasteiger partial charge in [0.1, 0.15) is 0 Å². The molecule has 0 saturated carbocycles. The molecule has 5 nitrogen and oxygen atoms in total. The third-order valence-corrected chi connectivity index (χ3v) is 2.40. The van der Waals surface area contributed by atoms with Gasteiger partial charge in [-0.05, 0) is 18.1 Å². The van der Waals surface area contributed by atoms with Crippen molar-refractivity contribution in [3.63, 3.8) is 0 Å². The number of carbonyl (C=O) groups is 2. The molecule has 2 rings (SSSR count). The highest BCUT2D eigenvalue weighted by atomic mass is 19.4. The molecule has 0 unspecified atom stereocenters. The van der Waals surface area contributed by atoms with Crippen LogP contribution < -0.4 is 10.6 Å². The highest BCUT2D eigenvalue weighted by Crippen LogP contribution is 2.26. The van der Waals surface area contributed by atoms with Crippen molar-refractivity contribution in [1.29, 1.82) is 0 Å². The molecule has 19 heavy (non-hydrogen) atoms. The van der Waals surface area contributed by atoms with Crippen molar-refractivity contribution in [2.45, 2.75) is 12.6 Å². The molecule has 3 N–H and O–H groups in total. The summed E-state index contributed by atoms with van der Waals surface area (Å²) in [5.74, 6) is -2.76. The number of anilines is 1. The predicted molar refractivity (Wildman–Crippen MR) is 60.8 cm³/mol. The quantitative estimate of drug-likeness (QED) is 0.757. The number of para-hydroxylation sites is 1. The summed E-state index contributed by atoms with van der Waals surface area (Å²) in [5.41, 5.74) is 7.37. The molecular formula is C11H11F3N2O3. The number of fused-ring (bicyclic) bond motifs is 1. The topological polar surface area (TPSA) is 83.6 Å². The maximum Gasteiger partial charge on any atom is 0.490 e. The molecule has 1 aromatic rings. The molecule has 0 radical (unpaired) electrons. The van der Waals surface area contributed by atoms with Crippen molar-refractivity contribution >= 4 is 17.7 Å². The Labute approximate surface area is 106 Å². The van der Waals surface area contributed by atoms with E-state index in [9.17, 15) is 18.0 Å². The Morgan fingerprint density at radius 2 is 1.79 bits per heavy atom. The summed E-state index contributed by atoms with van der Waals surface area (Å²) < 4.78 is 31.7. The zero-order valence-electron chi connectivity index (χ0n) is 9.65. The second kappa shape index (κ2) is 5.59. The summed E-state index contributed by atoms with van der Waals surface area (Å²) in [5, 5.41) is 7.12. The lowest BCUT2D eigenvalue weighted by Crippen LogP contribution is -2.33. The number of nitrogens with zero attached hydrogens (tertiary/aromatic N) is 1. The van der Waals surface area contributed by atoms with E-state index in [1.54, 1.807) is 4.90 Å². The molecule has 1 heterocycles. The van der Waals surface area contributed by atoms with Gasteiger partial charge in [0, 0.05) is 12.2 Å². The van der Waals surface area contributed by atoms with Gasteiger partial charge >= 0.3 is 18.2 Å². The highest BCUT2D eigenvalue weighted by molar-refractivity contribution is 5.92. The van der Waals surface area contributed by atoms with Gasteiger partial charge in [0.05, 0.1) is 0 Å². The van der Waals surface area contributed by atoms with Gasteiger partial charge in [-0.1, -0.05) is 18.2 Å². The average molecular weight is 276 g/mol. The van der Waals surface area contributed by atoms with Crippen LogP contribution in [0, 0.1) is 0 Å². The Morgan fingerprint density at radius 1 is 1.26 bits per heavy atom. The number of urea groups is 1. The molecule has 1 aliphatic heterocycles. The van der Waals surface area contributed by atoms with Crippen molar-refractivity contribution in [3.8, 4) is 0 Å². The van der Waals surface area contributed by atoms with E-state index in [1.807, 2.05) is 24.3 Å². The Hall–Kier alpha value is -2.25. The fourth-order valence-electron chi connectivity index (χ4n) is 1.57. The Balaban J connectivity index is 0.000000224. The molecule has 0 saturated heterocycles. The number of hydrogen-bond donors (Lipinski definition) is 2. The van der Waals surface area contributed by atoms with E-state index in [0.29, 0.717) is 6.54 Å². The van der Waals surface area contributed by atoms with Gasteiger partial charge in [0.2, 0.25) is 0 Å². The fraction of sp³-hybridized carbons (Fsp3) is 0.273. The van der Waals surface area contributed by atoms with Gasteiger partial charge in [-0.25, -0.2) is 9.59 Å². The van der Waals surface area contributed by atoms with Crippen molar-refractivity contribution < 1.29 is 27.9 Å². The summed E-state index contributed by atoms with van der Waals surface area (Å²) in [4.78, 5) is 21.4. The number of aliphatic carboxylic acids is 1. The van der Waals surface area contributed by atoms with E-state index in [1.165, 1.54) is 5.56 Å². The maximum atomic E-state index is 10.9. The largest absolute Gasteiger partial charge is 0.490 e. The van der Waals surface area contributed by atoms with Crippen LogP contribution >= 0.6 is 0 Å². The number of carboxylic acids is 1. The van der Waals surface area contributed by atoms with E-state index >= 15 is 0 Å². The van der Waals surface area contributed by atoms with E-state index in [2.05, 4.69) is 0 Å². The predicted octanol–water partition coefficient (Wildman–Crippen LogP) is 1.76. The van der Waals surface area contributed by atoms with Gasteiger partial charge in [-0.2, -0.15) is 13.2 Å². The summed E-state index contributed by atoms with van der Waals surface area (Å²) in [6, 6.07) is 7.48. The van der Waals surface area contributed by atoms with Crippen LogP contribution in [0.5, 0.6) is 0 Å². The van der Waals surface area contributed by atoms with Gasteiger partial charge in [-0.3, -0.25) is 4.90 Å². The molecule has 1 aromatic carbocycles. The summed E-state index contributed by atoms with van der Waals surface area (Å²) in [6.07, 6.45) is -4.17. The lowest BCUT2D eigenvalue weighted by atomic mass is 10.2. The zero-order valence-corrected chi connectivity index (χ0v) is 9.65. The second-order valence-corrected chi connectivity index (χ2v) is 3.67. The maximum absolute atomic E-state index is 10.9. The molecule has 8 heteroatoms. The number of nitrogens with two attached hydrogens (primary N) is 1. The minimum absolute atomic E-state index is 0.361. The number of amides is 2. The Kier molecular flexibility index (Phi) is 4.36. The highest BCUT2D eigenvalue weighted by Gasteiger charge is 2.38. The van der Waals surface area contributed by atoms with E-state index < -0.39 is 12.1 Å². The number of carboxylic acid groups (broad SMARTS) is 1. The van der Waals surface area contributed by atoms with Gasteiger partial charge in [-0.15, -0.1) is 0 Å². The first-order chi connectivity index (χ1) is 8.73. The van der Waals surface area contributed by atoms with Crippen LogP contribution in [0.25, 0.3) is 0 Å². The number of alkyl halides is 3. The van der Waals surface area contributed by atoms with Crippen molar-refractivity contribution in [3.05, 3.63) is 29.8 Å². The van der Waals surface area contributed by atoms with Crippen LogP contribution in [0.4, 0.5) is 23.7 Å². The van der Waals surface area contributed by atoms with E-state index in [-0.39, 0.29) is 6.03 Å². The number of rotatable bonds is 0. The molecule has 104 valence electrons. The first-order valence-electron chi connectivity index (χ1n) is 5.18. The zero-order chi connectivity index (χ0) is 14.6. The number of primary amides is 1. The molecule has 0 spiro atoms. The van der Waals surface area contributed by atoms with Crippen molar-refractivity contribution in [2.75, 3.05) is 11.4 Å². The number of benzene rings is 1. The second-order valence-electron chi connectivity index (χ2n) is 3.67. The third-order valence-electron chi connectivity index (χ3n) is 2.40. The first-order valence-corrected chi connectivity index (χ1v) is 5.18. The molecule has 0 aliphatic carbocycles. The van der Waals surface area contributed by atoms with Crippen LogP contribution in [0.1, 0.15) is 5.56 Å². The minimum atomic E-state index is -5.08. The number of carbonyl (C=O) groups excluding carboxylic acids is 1. The van der Waals surface area contributed by atoms with Crippen LogP contribution in [0.2, 0.25) is 0 Å². The minimum Gasteiger partial charge on any atom is -0.475 e. The number of hydrogen-bond acceptors (Lipinski definition) is 2. The molecular weight excluding hydrogens is 265 g/mol. The smallest absolute Gasteiger partial charge is 0.475 e. The van der Waals surface area contributed by atoms with Crippen molar-refractivity contribution in [2.24, 2.45) is 5.73 Å². The van der Waals surface area contributed by atoms with E-state index in [4.69, 9.17) is 15.6 Å². The standard InChI is InChI=1S/C9H10N2O.C2HF3O2/c10-9(12)11-6-5-7-3-1-2-4-8(7)11;3-2(4,5)1(6)7/h1-4H,5-6H2,(H2,10,12);(H,6,7). The van der Waals surface area contributed by atoms with Crippen LogP contribution in [-0.2, 0) is 11.2 Å². The molecule has 0 fully saturated rings. The average Bonchev–Trinajstić information content (AvgIpc) is 2.72. The summed E-state index contributed by atoms with van der Waals surface area (Å²) in [7, 11) is 0. The lowest BCUT2D eigenvalue weighted by Gasteiger charge is -2.12. The first kappa shape index (κ1) is 14.8. The summed E-state index contributed by atoms with van der Waals surface area (Å²) >= 11 is 0. The van der Waals surface area contributed by atoms with E-state index in [0.717, 1.165) is 12.1 Å². The molecule has 2 amide bonds. The van der Waals surface area contributed by atoms with Crippen LogP contribution in [0.3, 0.4) is 0 Å². The molecule has 0 atom stereocenters. The van der Waals surface area contributed by atoms with Crippen LogP contribution in [-0.4, -0.2) is 29.8 Å². The monoisotopic (exact) mass is 276 g/mol.